The van der Waals surface area contributed by atoms with Gasteiger partial charge in [-0.25, -0.2) is 10.8 Å². The Morgan fingerprint density at radius 3 is 2.60 bits per heavy atom. The Labute approximate surface area is 117 Å². The highest BCUT2D eigenvalue weighted by Gasteiger charge is 2.27. The monoisotopic (exact) mass is 280 g/mol. The third-order valence-corrected chi connectivity index (χ3v) is 3.84. The number of aryl methyl sites for hydroxylation is 1. The van der Waals surface area contributed by atoms with Crippen molar-refractivity contribution in [3.8, 4) is 0 Å². The molecule has 8 heteroatoms. The Bertz CT molecular complexity index is 501. The Morgan fingerprint density at radius 2 is 2.05 bits per heavy atom. The van der Waals surface area contributed by atoms with Crippen molar-refractivity contribution < 1.29 is 4.92 Å². The molecule has 0 spiro atoms. The highest BCUT2D eigenvalue weighted by molar-refractivity contribution is 5.61. The lowest BCUT2D eigenvalue weighted by molar-refractivity contribution is -0.385. The van der Waals surface area contributed by atoms with E-state index in [2.05, 4.69) is 20.7 Å². The fourth-order valence-corrected chi connectivity index (χ4v) is 2.74. The van der Waals surface area contributed by atoms with Gasteiger partial charge in [-0.2, -0.15) is 4.98 Å². The number of nitrogens with zero attached hydrogens (tertiary/aromatic N) is 3. The highest BCUT2D eigenvalue weighted by Crippen LogP contribution is 2.32. The molecule has 20 heavy (non-hydrogen) atoms. The first-order valence-corrected chi connectivity index (χ1v) is 6.79. The van der Waals surface area contributed by atoms with Crippen LogP contribution in [0.3, 0.4) is 0 Å². The molecule has 0 saturated heterocycles. The van der Waals surface area contributed by atoms with Crippen LogP contribution in [0.2, 0.25) is 0 Å². The van der Waals surface area contributed by atoms with Crippen LogP contribution in [0.15, 0.2) is 0 Å². The molecule has 8 nitrogen and oxygen atoms in total. The molecule has 1 aromatic heterocycles. The van der Waals surface area contributed by atoms with Gasteiger partial charge in [0.1, 0.15) is 5.69 Å². The molecule has 2 rings (SSSR count). The van der Waals surface area contributed by atoms with Crippen LogP contribution < -0.4 is 16.6 Å². The molecular weight excluding hydrogens is 260 g/mol. The second kappa shape index (κ2) is 6.00. The normalized spacial score (nSPS) is 16.9. The number of nitro groups is 1. The van der Waals surface area contributed by atoms with Crippen molar-refractivity contribution in [2.24, 2.45) is 11.8 Å². The minimum absolute atomic E-state index is 0.0890. The zero-order valence-electron chi connectivity index (χ0n) is 11.7. The van der Waals surface area contributed by atoms with Gasteiger partial charge in [0.15, 0.2) is 0 Å². The SMILES string of the molecule is Cc1nc(NN)nc(NC(C)C2CCCC2)c1[N+](=O)[O-]. The summed E-state index contributed by atoms with van der Waals surface area (Å²) in [6.45, 7) is 3.61. The van der Waals surface area contributed by atoms with Gasteiger partial charge in [-0.1, -0.05) is 12.8 Å². The van der Waals surface area contributed by atoms with Crippen LogP contribution >= 0.6 is 0 Å². The number of nitrogen functional groups attached to an aromatic ring is 1. The summed E-state index contributed by atoms with van der Waals surface area (Å²) < 4.78 is 0. The summed E-state index contributed by atoms with van der Waals surface area (Å²) in [5.41, 5.74) is 2.53. The Kier molecular flexibility index (Phi) is 4.33. The van der Waals surface area contributed by atoms with Gasteiger partial charge in [0.25, 0.3) is 0 Å². The van der Waals surface area contributed by atoms with Crippen molar-refractivity contribution in [3.63, 3.8) is 0 Å². The maximum absolute atomic E-state index is 11.2. The van der Waals surface area contributed by atoms with Crippen molar-refractivity contribution >= 4 is 17.5 Å². The molecule has 1 fully saturated rings. The van der Waals surface area contributed by atoms with E-state index in [1.165, 1.54) is 12.8 Å². The Morgan fingerprint density at radius 1 is 1.40 bits per heavy atom. The highest BCUT2D eigenvalue weighted by atomic mass is 16.6. The van der Waals surface area contributed by atoms with E-state index < -0.39 is 4.92 Å². The van der Waals surface area contributed by atoms with Crippen molar-refractivity contribution in [1.29, 1.82) is 0 Å². The molecule has 0 aliphatic heterocycles. The summed E-state index contributed by atoms with van der Waals surface area (Å²) in [6.07, 6.45) is 4.73. The predicted octanol–water partition coefficient (Wildman–Crippen LogP) is 1.97. The third kappa shape index (κ3) is 2.96. The molecule has 1 aliphatic rings. The van der Waals surface area contributed by atoms with E-state index >= 15 is 0 Å². The number of hydrogen-bond acceptors (Lipinski definition) is 7. The van der Waals surface area contributed by atoms with Crippen LogP contribution in [0, 0.1) is 23.0 Å². The lowest BCUT2D eigenvalue weighted by atomic mass is 10.00. The number of aromatic nitrogens is 2. The summed E-state index contributed by atoms with van der Waals surface area (Å²) in [6, 6.07) is 0.135. The Hall–Kier alpha value is -1.96. The molecule has 1 saturated carbocycles. The molecular formula is C12H20N6O2. The average molecular weight is 280 g/mol. The molecule has 4 N–H and O–H groups in total. The number of hydrazine groups is 1. The van der Waals surface area contributed by atoms with Crippen molar-refractivity contribution in [2.75, 3.05) is 10.7 Å². The predicted molar refractivity (Wildman–Crippen MR) is 76.3 cm³/mol. The molecule has 110 valence electrons. The topological polar surface area (TPSA) is 119 Å². The summed E-state index contributed by atoms with van der Waals surface area (Å²) in [7, 11) is 0. The van der Waals surface area contributed by atoms with Crippen LogP contribution in [-0.2, 0) is 0 Å². The minimum atomic E-state index is -0.459. The quantitative estimate of drug-likeness (QED) is 0.428. The molecule has 1 aromatic rings. The van der Waals surface area contributed by atoms with Gasteiger partial charge in [0.05, 0.1) is 4.92 Å². The summed E-state index contributed by atoms with van der Waals surface area (Å²) >= 11 is 0. The number of anilines is 2. The maximum Gasteiger partial charge on any atom is 0.332 e. The van der Waals surface area contributed by atoms with Gasteiger partial charge in [0, 0.05) is 6.04 Å². The number of hydrogen-bond donors (Lipinski definition) is 3. The molecule has 1 heterocycles. The maximum atomic E-state index is 11.2. The van der Waals surface area contributed by atoms with Crippen LogP contribution in [0.25, 0.3) is 0 Å². The van der Waals surface area contributed by atoms with E-state index in [0.717, 1.165) is 12.8 Å². The van der Waals surface area contributed by atoms with Gasteiger partial charge in [0.2, 0.25) is 11.8 Å². The van der Waals surface area contributed by atoms with E-state index in [9.17, 15) is 10.1 Å². The number of nitrogens with one attached hydrogen (secondary N) is 2. The van der Waals surface area contributed by atoms with Crippen LogP contribution in [0.5, 0.6) is 0 Å². The Balaban J connectivity index is 2.28. The van der Waals surface area contributed by atoms with Gasteiger partial charge >= 0.3 is 5.69 Å². The standard InChI is InChI=1S/C12H20N6O2/c1-7(9-5-3-4-6-9)14-11-10(18(19)20)8(2)15-12(16-11)17-13/h7,9H,3-6,13H2,1-2H3,(H2,14,15,16,17). The van der Waals surface area contributed by atoms with Crippen LogP contribution in [0.1, 0.15) is 38.3 Å². The smallest absolute Gasteiger partial charge is 0.332 e. The average Bonchev–Trinajstić information content (AvgIpc) is 2.91. The first kappa shape index (κ1) is 14.4. The molecule has 1 unspecified atom stereocenters. The third-order valence-electron chi connectivity index (χ3n) is 3.84. The van der Waals surface area contributed by atoms with E-state index in [1.807, 2.05) is 6.92 Å². The van der Waals surface area contributed by atoms with Crippen molar-refractivity contribution in [3.05, 3.63) is 15.8 Å². The van der Waals surface area contributed by atoms with Gasteiger partial charge in [-0.05, 0) is 32.6 Å². The summed E-state index contributed by atoms with van der Waals surface area (Å²) in [5.74, 6) is 6.23. The zero-order valence-corrected chi connectivity index (χ0v) is 11.7. The van der Waals surface area contributed by atoms with Crippen LogP contribution in [0.4, 0.5) is 17.5 Å². The zero-order chi connectivity index (χ0) is 14.7. The van der Waals surface area contributed by atoms with Crippen molar-refractivity contribution in [1.82, 2.24) is 9.97 Å². The molecule has 1 aliphatic carbocycles. The molecule has 0 aromatic carbocycles. The van der Waals surface area contributed by atoms with E-state index in [-0.39, 0.29) is 23.5 Å². The van der Waals surface area contributed by atoms with Crippen LogP contribution in [-0.4, -0.2) is 20.9 Å². The fourth-order valence-electron chi connectivity index (χ4n) is 2.74. The number of rotatable bonds is 5. The first-order valence-electron chi connectivity index (χ1n) is 6.79. The molecule has 0 amide bonds. The lowest BCUT2D eigenvalue weighted by Crippen LogP contribution is -2.25. The largest absolute Gasteiger partial charge is 0.361 e. The summed E-state index contributed by atoms with van der Waals surface area (Å²) in [5, 5.41) is 14.3. The van der Waals surface area contributed by atoms with Gasteiger partial charge in [-0.3, -0.25) is 15.5 Å². The van der Waals surface area contributed by atoms with Gasteiger partial charge in [-0.15, -0.1) is 0 Å². The van der Waals surface area contributed by atoms with Gasteiger partial charge < -0.3 is 5.32 Å². The second-order valence-electron chi connectivity index (χ2n) is 5.21. The second-order valence-corrected chi connectivity index (χ2v) is 5.21. The first-order chi connectivity index (χ1) is 9.52. The van der Waals surface area contributed by atoms with Crippen molar-refractivity contribution in [2.45, 2.75) is 45.6 Å². The van der Waals surface area contributed by atoms with E-state index in [0.29, 0.717) is 11.6 Å². The summed E-state index contributed by atoms with van der Waals surface area (Å²) in [4.78, 5) is 18.8. The van der Waals surface area contributed by atoms with E-state index in [4.69, 9.17) is 5.84 Å². The molecule has 0 radical (unpaired) electrons. The number of nitrogens with two attached hydrogens (primary N) is 1. The van der Waals surface area contributed by atoms with E-state index in [1.54, 1.807) is 6.92 Å². The molecule has 1 atom stereocenters. The molecule has 0 bridgehead atoms. The fraction of sp³-hybridized carbons (Fsp3) is 0.667. The minimum Gasteiger partial charge on any atom is -0.361 e. The lowest BCUT2D eigenvalue weighted by Gasteiger charge is -2.21.